The fourth-order valence-electron chi connectivity index (χ4n) is 3.12. The molecule has 3 rings (SSSR count). The lowest BCUT2D eigenvalue weighted by atomic mass is 9.95. The van der Waals surface area contributed by atoms with Gasteiger partial charge in [0.2, 0.25) is 0 Å². The van der Waals surface area contributed by atoms with E-state index < -0.39 is 0 Å². The summed E-state index contributed by atoms with van der Waals surface area (Å²) >= 11 is 2.60. The second-order valence-electron chi connectivity index (χ2n) is 5.84. The Kier molecular flexibility index (Phi) is 4.32. The first-order valence-corrected chi connectivity index (χ1v) is 8.55. The summed E-state index contributed by atoms with van der Waals surface area (Å²) in [6.07, 6.45) is 6.80. The summed E-state index contributed by atoms with van der Waals surface area (Å²) in [5, 5.41) is 3.86. The Morgan fingerprint density at radius 3 is 2.42 bits per heavy atom. The van der Waals surface area contributed by atoms with Crippen LogP contribution in [0.25, 0.3) is 0 Å². The third-order valence-electron chi connectivity index (χ3n) is 4.44. The minimum atomic E-state index is 0.712. The lowest BCUT2D eigenvalue weighted by Crippen LogP contribution is -2.35. The van der Waals surface area contributed by atoms with Crippen LogP contribution in [0.3, 0.4) is 0 Å². The number of hydrogen-bond donors (Lipinski definition) is 1. The highest BCUT2D eigenvalue weighted by atomic mass is 127. The van der Waals surface area contributed by atoms with Crippen molar-refractivity contribution in [2.24, 2.45) is 0 Å². The summed E-state index contributed by atoms with van der Waals surface area (Å²) in [4.78, 5) is 0. The van der Waals surface area contributed by atoms with Gasteiger partial charge in [-0.15, -0.1) is 0 Å². The van der Waals surface area contributed by atoms with Crippen LogP contribution < -0.4 is 10.1 Å². The summed E-state index contributed by atoms with van der Waals surface area (Å²) in [5.41, 5.74) is 1.46. The molecule has 1 aromatic rings. The molecule has 0 saturated heterocycles. The van der Waals surface area contributed by atoms with E-state index in [-0.39, 0.29) is 0 Å². The van der Waals surface area contributed by atoms with Gasteiger partial charge in [-0.25, -0.2) is 0 Å². The van der Waals surface area contributed by atoms with Gasteiger partial charge in [0.15, 0.2) is 0 Å². The second-order valence-corrected chi connectivity index (χ2v) is 7.60. The van der Waals surface area contributed by atoms with Gasteiger partial charge in [0.1, 0.15) is 5.75 Å². The molecule has 0 aliphatic heterocycles. The SMILES string of the molecule is COc1ccc([C@H]2C[C@@H]2NC2CCC(I)CC2)cc1. The maximum Gasteiger partial charge on any atom is 0.118 e. The predicted molar refractivity (Wildman–Crippen MR) is 87.3 cm³/mol. The van der Waals surface area contributed by atoms with Crippen molar-refractivity contribution in [1.29, 1.82) is 0 Å². The van der Waals surface area contributed by atoms with E-state index >= 15 is 0 Å². The number of hydrogen-bond acceptors (Lipinski definition) is 2. The molecule has 2 nitrogen and oxygen atoms in total. The van der Waals surface area contributed by atoms with E-state index in [9.17, 15) is 0 Å². The molecule has 2 atom stereocenters. The molecule has 0 amide bonds. The number of benzene rings is 1. The van der Waals surface area contributed by atoms with E-state index in [0.717, 1.165) is 21.6 Å². The van der Waals surface area contributed by atoms with Crippen LogP contribution in [0.4, 0.5) is 0 Å². The molecule has 3 heteroatoms. The molecule has 19 heavy (non-hydrogen) atoms. The van der Waals surface area contributed by atoms with Gasteiger partial charge in [-0.1, -0.05) is 34.7 Å². The van der Waals surface area contributed by atoms with E-state index in [2.05, 4.69) is 52.2 Å². The molecule has 2 saturated carbocycles. The maximum absolute atomic E-state index is 5.21. The quantitative estimate of drug-likeness (QED) is 0.641. The number of rotatable bonds is 4. The zero-order valence-corrected chi connectivity index (χ0v) is 13.6. The van der Waals surface area contributed by atoms with Crippen LogP contribution in [0, 0.1) is 0 Å². The van der Waals surface area contributed by atoms with Gasteiger partial charge in [-0.2, -0.15) is 0 Å². The van der Waals surface area contributed by atoms with Crippen molar-refractivity contribution < 1.29 is 4.74 Å². The Bertz CT molecular complexity index is 411. The second kappa shape index (κ2) is 6.00. The molecule has 104 valence electrons. The smallest absolute Gasteiger partial charge is 0.118 e. The molecule has 1 aromatic carbocycles. The summed E-state index contributed by atoms with van der Waals surface area (Å²) < 4.78 is 6.12. The monoisotopic (exact) mass is 371 g/mol. The van der Waals surface area contributed by atoms with E-state index in [4.69, 9.17) is 4.74 Å². The first-order valence-electron chi connectivity index (χ1n) is 7.30. The fourth-order valence-corrected chi connectivity index (χ4v) is 3.84. The highest BCUT2D eigenvalue weighted by molar-refractivity contribution is 14.1. The number of halogens is 1. The largest absolute Gasteiger partial charge is 0.497 e. The summed E-state index contributed by atoms with van der Waals surface area (Å²) in [6, 6.07) is 10.1. The van der Waals surface area contributed by atoms with Crippen molar-refractivity contribution in [1.82, 2.24) is 5.32 Å². The molecule has 2 fully saturated rings. The Hall–Kier alpha value is -0.290. The topological polar surface area (TPSA) is 21.3 Å². The average molecular weight is 371 g/mol. The Balaban J connectivity index is 1.50. The molecule has 2 aliphatic carbocycles. The van der Waals surface area contributed by atoms with Gasteiger partial charge in [-0.05, 0) is 49.8 Å². The molecule has 2 aliphatic rings. The van der Waals surface area contributed by atoms with Gasteiger partial charge in [0, 0.05) is 21.9 Å². The zero-order valence-electron chi connectivity index (χ0n) is 11.4. The summed E-state index contributed by atoms with van der Waals surface area (Å²) in [6.45, 7) is 0. The minimum Gasteiger partial charge on any atom is -0.497 e. The standard InChI is InChI=1S/C16H22INO/c1-19-14-8-2-11(3-9-14)15-10-16(15)18-13-6-4-12(17)5-7-13/h2-3,8-9,12-13,15-16,18H,4-7,10H2,1H3/t12?,13?,15-,16+/m1/s1. The van der Waals surface area contributed by atoms with Crippen LogP contribution in [-0.4, -0.2) is 23.1 Å². The predicted octanol–water partition coefficient (Wildman–Crippen LogP) is 3.89. The lowest BCUT2D eigenvalue weighted by Gasteiger charge is -2.26. The minimum absolute atomic E-state index is 0.712. The summed E-state index contributed by atoms with van der Waals surface area (Å²) in [7, 11) is 1.72. The van der Waals surface area contributed by atoms with Crippen molar-refractivity contribution in [2.45, 2.75) is 54.0 Å². The zero-order chi connectivity index (χ0) is 13.2. The number of nitrogens with one attached hydrogen (secondary N) is 1. The average Bonchev–Trinajstić information content (AvgIpc) is 3.21. The van der Waals surface area contributed by atoms with Crippen molar-refractivity contribution in [3.05, 3.63) is 29.8 Å². The lowest BCUT2D eigenvalue weighted by molar-refractivity contribution is 0.381. The van der Waals surface area contributed by atoms with Crippen LogP contribution in [0.5, 0.6) is 5.75 Å². The van der Waals surface area contributed by atoms with E-state index in [1.165, 1.54) is 37.7 Å². The number of alkyl halides is 1. The van der Waals surface area contributed by atoms with Gasteiger partial charge >= 0.3 is 0 Å². The first kappa shape index (κ1) is 13.7. The molecule has 0 heterocycles. The summed E-state index contributed by atoms with van der Waals surface area (Å²) in [5.74, 6) is 1.68. The third kappa shape index (κ3) is 3.43. The van der Waals surface area contributed by atoms with Crippen LogP contribution >= 0.6 is 22.6 Å². The van der Waals surface area contributed by atoms with Crippen LogP contribution in [0.15, 0.2) is 24.3 Å². The number of methoxy groups -OCH3 is 1. The fraction of sp³-hybridized carbons (Fsp3) is 0.625. The van der Waals surface area contributed by atoms with Crippen molar-refractivity contribution >= 4 is 22.6 Å². The van der Waals surface area contributed by atoms with Gasteiger partial charge < -0.3 is 10.1 Å². The highest BCUT2D eigenvalue weighted by Gasteiger charge is 2.39. The van der Waals surface area contributed by atoms with Crippen molar-refractivity contribution in [3.63, 3.8) is 0 Å². The normalized spacial score (nSPS) is 34.0. The Morgan fingerprint density at radius 2 is 1.79 bits per heavy atom. The third-order valence-corrected chi connectivity index (χ3v) is 5.69. The van der Waals surface area contributed by atoms with E-state index in [1.807, 2.05) is 0 Å². The molecular formula is C16H22INO. The van der Waals surface area contributed by atoms with Gasteiger partial charge in [-0.3, -0.25) is 0 Å². The van der Waals surface area contributed by atoms with Gasteiger partial charge in [0.25, 0.3) is 0 Å². The molecule has 0 unspecified atom stereocenters. The van der Waals surface area contributed by atoms with E-state index in [1.54, 1.807) is 7.11 Å². The van der Waals surface area contributed by atoms with Crippen LogP contribution in [0.1, 0.15) is 43.6 Å². The van der Waals surface area contributed by atoms with Crippen LogP contribution in [0.2, 0.25) is 0 Å². The van der Waals surface area contributed by atoms with Crippen molar-refractivity contribution in [2.75, 3.05) is 7.11 Å². The molecule has 0 bridgehead atoms. The molecule has 0 radical (unpaired) electrons. The maximum atomic E-state index is 5.21. The Labute approximate surface area is 129 Å². The first-order chi connectivity index (χ1) is 9.26. The van der Waals surface area contributed by atoms with Gasteiger partial charge in [0.05, 0.1) is 7.11 Å². The molecular weight excluding hydrogens is 349 g/mol. The van der Waals surface area contributed by atoms with Crippen LogP contribution in [-0.2, 0) is 0 Å². The molecule has 1 N–H and O–H groups in total. The van der Waals surface area contributed by atoms with Crippen molar-refractivity contribution in [3.8, 4) is 5.75 Å². The Morgan fingerprint density at radius 1 is 1.11 bits per heavy atom. The highest BCUT2D eigenvalue weighted by Crippen LogP contribution is 2.42. The molecule has 0 aromatic heterocycles. The van der Waals surface area contributed by atoms with E-state index in [0.29, 0.717) is 6.04 Å². The molecule has 0 spiro atoms. The number of ether oxygens (including phenoxy) is 1.